The number of nitriles is 1. The molecular formula is C21H19Cl2NO2S. The average Bonchev–Trinajstić information content (AvgIpc) is 2.63. The van der Waals surface area contributed by atoms with E-state index in [1.54, 1.807) is 36.9 Å². The first-order valence-electron chi connectivity index (χ1n) is 8.32. The summed E-state index contributed by atoms with van der Waals surface area (Å²) in [5.41, 5.74) is 4.01. The molecule has 0 fully saturated rings. The van der Waals surface area contributed by atoms with Crippen molar-refractivity contribution in [2.45, 2.75) is 31.4 Å². The SMILES string of the molecule is CCOC(=O)/C(C#N)=C/c1cc(CSc2cc(Cl)ccc2Cl)c(C)cc1C. The van der Waals surface area contributed by atoms with E-state index in [1.807, 2.05) is 38.1 Å². The van der Waals surface area contributed by atoms with E-state index in [-0.39, 0.29) is 12.2 Å². The van der Waals surface area contributed by atoms with Crippen molar-refractivity contribution in [2.24, 2.45) is 0 Å². The lowest BCUT2D eigenvalue weighted by atomic mass is 9.99. The molecule has 2 aromatic rings. The Bertz CT molecular complexity index is 933. The second kappa shape index (κ2) is 9.85. The molecule has 0 N–H and O–H groups in total. The number of thioether (sulfide) groups is 1. The van der Waals surface area contributed by atoms with Gasteiger partial charge in [0.05, 0.1) is 11.6 Å². The van der Waals surface area contributed by atoms with Crippen LogP contribution in [0.3, 0.4) is 0 Å². The van der Waals surface area contributed by atoms with Crippen LogP contribution < -0.4 is 0 Å². The lowest BCUT2D eigenvalue weighted by Crippen LogP contribution is -2.06. The molecule has 0 atom stereocenters. The van der Waals surface area contributed by atoms with Gasteiger partial charge in [0, 0.05) is 15.7 Å². The largest absolute Gasteiger partial charge is 0.462 e. The van der Waals surface area contributed by atoms with Gasteiger partial charge in [-0.1, -0.05) is 35.3 Å². The van der Waals surface area contributed by atoms with Crippen LogP contribution in [0, 0.1) is 25.2 Å². The molecule has 0 saturated carbocycles. The van der Waals surface area contributed by atoms with Gasteiger partial charge >= 0.3 is 5.97 Å². The second-order valence-corrected chi connectivity index (χ2v) is 7.75. The number of esters is 1. The summed E-state index contributed by atoms with van der Waals surface area (Å²) in [6, 6.07) is 11.3. The van der Waals surface area contributed by atoms with E-state index in [1.165, 1.54) is 0 Å². The summed E-state index contributed by atoms with van der Waals surface area (Å²) in [4.78, 5) is 12.8. The van der Waals surface area contributed by atoms with Gasteiger partial charge in [-0.25, -0.2) is 4.79 Å². The maximum atomic E-state index is 11.9. The summed E-state index contributed by atoms with van der Waals surface area (Å²) >= 11 is 13.9. The van der Waals surface area contributed by atoms with Crippen molar-refractivity contribution in [3.8, 4) is 6.07 Å². The van der Waals surface area contributed by atoms with E-state index in [0.29, 0.717) is 15.8 Å². The van der Waals surface area contributed by atoms with Crippen molar-refractivity contribution >= 4 is 47.0 Å². The molecule has 3 nitrogen and oxygen atoms in total. The fourth-order valence-electron chi connectivity index (χ4n) is 2.47. The van der Waals surface area contributed by atoms with Crippen LogP contribution >= 0.6 is 35.0 Å². The van der Waals surface area contributed by atoms with Crippen LogP contribution in [0.1, 0.15) is 29.2 Å². The molecule has 2 aromatic carbocycles. The first kappa shape index (κ1) is 21.4. The third-order valence-corrected chi connectivity index (χ3v) is 5.70. The maximum Gasteiger partial charge on any atom is 0.348 e. The summed E-state index contributed by atoms with van der Waals surface area (Å²) in [7, 11) is 0. The first-order chi connectivity index (χ1) is 12.8. The molecule has 0 saturated heterocycles. The first-order valence-corrected chi connectivity index (χ1v) is 10.1. The molecule has 0 spiro atoms. The highest BCUT2D eigenvalue weighted by Crippen LogP contribution is 2.33. The minimum atomic E-state index is -0.610. The zero-order valence-corrected chi connectivity index (χ0v) is 17.6. The number of halogens is 2. The van der Waals surface area contributed by atoms with Gasteiger partial charge in [0.2, 0.25) is 0 Å². The summed E-state index contributed by atoms with van der Waals surface area (Å²) in [5, 5.41) is 10.6. The van der Waals surface area contributed by atoms with Crippen LogP contribution in [-0.2, 0) is 15.3 Å². The maximum absolute atomic E-state index is 11.9. The van der Waals surface area contributed by atoms with E-state index in [2.05, 4.69) is 0 Å². The zero-order chi connectivity index (χ0) is 20.0. The van der Waals surface area contributed by atoms with Crippen molar-refractivity contribution in [1.29, 1.82) is 5.26 Å². The minimum absolute atomic E-state index is 0.0136. The molecule has 2 rings (SSSR count). The molecule has 0 amide bonds. The molecule has 0 aromatic heterocycles. The normalized spacial score (nSPS) is 11.2. The third kappa shape index (κ3) is 5.77. The number of carbonyl (C=O) groups is 1. The Labute approximate surface area is 173 Å². The van der Waals surface area contributed by atoms with E-state index >= 15 is 0 Å². The minimum Gasteiger partial charge on any atom is -0.462 e. The van der Waals surface area contributed by atoms with E-state index in [0.717, 1.165) is 27.1 Å². The van der Waals surface area contributed by atoms with Gasteiger partial charge in [-0.2, -0.15) is 5.26 Å². The molecular weight excluding hydrogens is 401 g/mol. The van der Waals surface area contributed by atoms with Crippen molar-refractivity contribution in [1.82, 2.24) is 0 Å². The predicted octanol–water partition coefficient (Wildman–Crippen LogP) is 6.37. The number of benzene rings is 2. The molecule has 0 aliphatic rings. The number of carbonyl (C=O) groups excluding carboxylic acids is 1. The quantitative estimate of drug-likeness (QED) is 0.236. The Morgan fingerprint density at radius 3 is 2.63 bits per heavy atom. The van der Waals surface area contributed by atoms with Crippen molar-refractivity contribution < 1.29 is 9.53 Å². The van der Waals surface area contributed by atoms with E-state index < -0.39 is 5.97 Å². The molecule has 27 heavy (non-hydrogen) atoms. The summed E-state index contributed by atoms with van der Waals surface area (Å²) in [5.74, 6) is 0.0792. The van der Waals surface area contributed by atoms with Gasteiger partial charge in [-0.05, 0) is 67.3 Å². The fraction of sp³-hybridized carbons (Fsp3) is 0.238. The van der Waals surface area contributed by atoms with Crippen LogP contribution in [0.25, 0.3) is 6.08 Å². The highest BCUT2D eigenvalue weighted by molar-refractivity contribution is 7.98. The number of hydrogen-bond acceptors (Lipinski definition) is 4. The van der Waals surface area contributed by atoms with Crippen LogP contribution in [0.2, 0.25) is 10.0 Å². The molecule has 0 radical (unpaired) electrons. The van der Waals surface area contributed by atoms with Gasteiger partial charge < -0.3 is 4.74 Å². The van der Waals surface area contributed by atoms with Crippen LogP contribution in [0.5, 0.6) is 0 Å². The predicted molar refractivity (Wildman–Crippen MR) is 112 cm³/mol. The monoisotopic (exact) mass is 419 g/mol. The summed E-state index contributed by atoms with van der Waals surface area (Å²) in [6.07, 6.45) is 1.58. The average molecular weight is 420 g/mol. The third-order valence-electron chi connectivity index (χ3n) is 3.92. The second-order valence-electron chi connectivity index (χ2n) is 5.89. The topological polar surface area (TPSA) is 50.1 Å². The smallest absolute Gasteiger partial charge is 0.348 e. The number of hydrogen-bond donors (Lipinski definition) is 0. The van der Waals surface area contributed by atoms with Gasteiger partial charge in [0.15, 0.2) is 0 Å². The fourth-order valence-corrected chi connectivity index (χ4v) is 4.03. The van der Waals surface area contributed by atoms with Crippen molar-refractivity contribution in [3.63, 3.8) is 0 Å². The summed E-state index contributed by atoms with van der Waals surface area (Å²) in [6.45, 7) is 5.92. The summed E-state index contributed by atoms with van der Waals surface area (Å²) < 4.78 is 4.93. The van der Waals surface area contributed by atoms with Gasteiger partial charge in [-0.15, -0.1) is 11.8 Å². The molecule has 6 heteroatoms. The Morgan fingerprint density at radius 2 is 1.96 bits per heavy atom. The standard InChI is InChI=1S/C21H19Cl2NO2S/c1-4-26-21(25)16(11-24)8-15-9-17(14(3)7-13(15)2)12-27-20-10-18(22)5-6-19(20)23/h5-10H,4,12H2,1-3H3/b16-8+. The number of aryl methyl sites for hydroxylation is 2. The Morgan fingerprint density at radius 1 is 1.22 bits per heavy atom. The van der Waals surface area contributed by atoms with Gasteiger partial charge in [0.25, 0.3) is 0 Å². The number of ether oxygens (including phenoxy) is 1. The van der Waals surface area contributed by atoms with Crippen LogP contribution in [0.15, 0.2) is 40.8 Å². The molecule has 0 heterocycles. The Balaban J connectivity index is 2.31. The molecule has 0 bridgehead atoms. The van der Waals surface area contributed by atoms with E-state index in [4.69, 9.17) is 27.9 Å². The van der Waals surface area contributed by atoms with Crippen LogP contribution in [-0.4, -0.2) is 12.6 Å². The van der Waals surface area contributed by atoms with Crippen molar-refractivity contribution in [3.05, 3.63) is 68.2 Å². The highest BCUT2D eigenvalue weighted by Gasteiger charge is 2.12. The highest BCUT2D eigenvalue weighted by atomic mass is 35.5. The zero-order valence-electron chi connectivity index (χ0n) is 15.3. The molecule has 140 valence electrons. The van der Waals surface area contributed by atoms with Gasteiger partial charge in [0.1, 0.15) is 11.6 Å². The molecule has 0 aliphatic carbocycles. The number of nitrogens with zero attached hydrogens (tertiary/aromatic N) is 1. The van der Waals surface area contributed by atoms with E-state index in [9.17, 15) is 10.1 Å². The molecule has 0 aliphatic heterocycles. The van der Waals surface area contributed by atoms with Crippen LogP contribution in [0.4, 0.5) is 0 Å². The number of rotatable bonds is 6. The lowest BCUT2D eigenvalue weighted by molar-refractivity contribution is -0.137. The van der Waals surface area contributed by atoms with Gasteiger partial charge in [-0.3, -0.25) is 0 Å². The Hall–Kier alpha value is -1.93. The molecule has 0 unspecified atom stereocenters. The lowest BCUT2D eigenvalue weighted by Gasteiger charge is -2.11. The Kier molecular flexibility index (Phi) is 7.79. The van der Waals surface area contributed by atoms with Crippen molar-refractivity contribution in [2.75, 3.05) is 6.61 Å².